The van der Waals surface area contributed by atoms with E-state index in [9.17, 15) is 22.0 Å². The zero-order valence-electron chi connectivity index (χ0n) is 16.3. The second-order valence-electron chi connectivity index (χ2n) is 6.70. The molecule has 3 rings (SSSR count). The van der Waals surface area contributed by atoms with Gasteiger partial charge in [0, 0.05) is 24.2 Å². The summed E-state index contributed by atoms with van der Waals surface area (Å²) in [6.45, 7) is 1.55. The van der Waals surface area contributed by atoms with Crippen LogP contribution in [0.25, 0.3) is 0 Å². The molecule has 1 amide bonds. The number of carbonyl (C=O) groups excluding carboxylic acids is 1. The van der Waals surface area contributed by atoms with Crippen LogP contribution in [0.3, 0.4) is 0 Å². The molecule has 1 N–H and O–H groups in total. The van der Waals surface area contributed by atoms with Gasteiger partial charge in [-0.25, -0.2) is 17.2 Å². The van der Waals surface area contributed by atoms with Gasteiger partial charge < -0.3 is 5.32 Å². The maximum atomic E-state index is 13.9. The fourth-order valence-electron chi connectivity index (χ4n) is 2.94. The van der Waals surface area contributed by atoms with Gasteiger partial charge in [-0.3, -0.25) is 9.10 Å². The lowest BCUT2D eigenvalue weighted by molar-refractivity contribution is 0.0939. The van der Waals surface area contributed by atoms with E-state index in [-0.39, 0.29) is 16.0 Å². The lowest BCUT2D eigenvalue weighted by atomic mass is 10.1. The van der Waals surface area contributed by atoms with Crippen molar-refractivity contribution >= 4 is 21.6 Å². The lowest BCUT2D eigenvalue weighted by Gasteiger charge is -2.20. The van der Waals surface area contributed by atoms with Crippen LogP contribution in [0.4, 0.5) is 14.5 Å². The third-order valence-electron chi connectivity index (χ3n) is 4.65. The Hall–Kier alpha value is -3.26. The van der Waals surface area contributed by atoms with Crippen molar-refractivity contribution in [2.45, 2.75) is 17.9 Å². The van der Waals surface area contributed by atoms with Crippen molar-refractivity contribution in [3.8, 4) is 0 Å². The van der Waals surface area contributed by atoms with Crippen molar-refractivity contribution in [1.29, 1.82) is 0 Å². The Morgan fingerprint density at radius 1 is 0.967 bits per heavy atom. The first-order valence-corrected chi connectivity index (χ1v) is 10.5. The van der Waals surface area contributed by atoms with Gasteiger partial charge in [0.25, 0.3) is 15.9 Å². The van der Waals surface area contributed by atoms with Crippen molar-refractivity contribution in [2.75, 3.05) is 11.4 Å². The van der Waals surface area contributed by atoms with Gasteiger partial charge in [-0.05, 0) is 43.3 Å². The molecular weight excluding hydrogens is 410 g/mol. The number of halogens is 2. The molecule has 0 aliphatic carbocycles. The molecule has 0 aliphatic heterocycles. The van der Waals surface area contributed by atoms with Crippen molar-refractivity contribution in [3.05, 3.63) is 95.6 Å². The number of nitrogens with zero attached hydrogens (tertiary/aromatic N) is 1. The van der Waals surface area contributed by atoms with Crippen LogP contribution in [-0.4, -0.2) is 21.4 Å². The first kappa shape index (κ1) is 21.4. The highest BCUT2D eigenvalue weighted by Gasteiger charge is 2.23. The molecule has 8 heteroatoms. The predicted molar refractivity (Wildman–Crippen MR) is 111 cm³/mol. The fraction of sp³-hybridized carbons (Fsp3) is 0.136. The van der Waals surface area contributed by atoms with Crippen LogP contribution in [0.15, 0.2) is 77.7 Å². The number of anilines is 1. The number of benzene rings is 3. The van der Waals surface area contributed by atoms with Crippen molar-refractivity contribution in [3.63, 3.8) is 0 Å². The molecule has 0 bridgehead atoms. The second kappa shape index (κ2) is 8.62. The number of rotatable bonds is 6. The van der Waals surface area contributed by atoms with Gasteiger partial charge in [0.05, 0.1) is 16.6 Å². The molecule has 5 nitrogen and oxygen atoms in total. The monoisotopic (exact) mass is 430 g/mol. The summed E-state index contributed by atoms with van der Waals surface area (Å²) in [7, 11) is -2.46. The molecule has 3 aromatic rings. The minimum atomic E-state index is -3.89. The van der Waals surface area contributed by atoms with Crippen LogP contribution in [0.5, 0.6) is 0 Å². The maximum Gasteiger partial charge on any atom is 0.264 e. The summed E-state index contributed by atoms with van der Waals surface area (Å²) in [4.78, 5) is 12.6. The Bertz CT molecular complexity index is 1170. The summed E-state index contributed by atoms with van der Waals surface area (Å²) >= 11 is 0. The van der Waals surface area contributed by atoms with Crippen LogP contribution in [0, 0.1) is 11.6 Å². The summed E-state index contributed by atoms with van der Waals surface area (Å²) in [6, 6.07) is 16.5. The summed E-state index contributed by atoms with van der Waals surface area (Å²) < 4.78 is 54.0. The zero-order chi connectivity index (χ0) is 21.9. The number of hydrogen-bond acceptors (Lipinski definition) is 3. The molecule has 0 heterocycles. The Balaban J connectivity index is 1.83. The quantitative estimate of drug-likeness (QED) is 0.635. The van der Waals surface area contributed by atoms with Gasteiger partial charge in [0.2, 0.25) is 0 Å². The topological polar surface area (TPSA) is 66.5 Å². The van der Waals surface area contributed by atoms with E-state index in [1.165, 1.54) is 37.4 Å². The van der Waals surface area contributed by atoms with Gasteiger partial charge in [-0.1, -0.05) is 30.3 Å². The Kier molecular flexibility index (Phi) is 6.17. The Morgan fingerprint density at radius 2 is 1.67 bits per heavy atom. The summed E-state index contributed by atoms with van der Waals surface area (Å²) in [5, 5.41) is 2.60. The van der Waals surface area contributed by atoms with Crippen LogP contribution >= 0.6 is 0 Å². The minimum absolute atomic E-state index is 0.0536. The molecule has 0 aliphatic rings. The van der Waals surface area contributed by atoms with Crippen LogP contribution in [-0.2, 0) is 10.0 Å². The van der Waals surface area contributed by atoms with E-state index in [1.54, 1.807) is 37.3 Å². The van der Waals surface area contributed by atoms with Gasteiger partial charge in [-0.15, -0.1) is 0 Å². The molecule has 0 saturated heterocycles. The largest absolute Gasteiger partial charge is 0.345 e. The number of hydrogen-bond donors (Lipinski definition) is 1. The van der Waals surface area contributed by atoms with Crippen molar-refractivity contribution < 1.29 is 22.0 Å². The van der Waals surface area contributed by atoms with Crippen molar-refractivity contribution in [2.24, 2.45) is 0 Å². The molecular formula is C22H20F2N2O3S. The molecule has 0 spiro atoms. The fourth-order valence-corrected chi connectivity index (χ4v) is 4.18. The second-order valence-corrected chi connectivity index (χ2v) is 8.67. The first-order chi connectivity index (χ1) is 14.2. The van der Waals surface area contributed by atoms with E-state index in [0.717, 1.165) is 16.4 Å². The van der Waals surface area contributed by atoms with Crippen LogP contribution < -0.4 is 9.62 Å². The first-order valence-electron chi connectivity index (χ1n) is 9.10. The highest BCUT2D eigenvalue weighted by Crippen LogP contribution is 2.23. The predicted octanol–water partition coefficient (Wildman–Crippen LogP) is 4.28. The molecule has 0 saturated carbocycles. The normalized spacial score (nSPS) is 12.3. The summed E-state index contributed by atoms with van der Waals surface area (Å²) in [5.41, 5.74) is 0.706. The van der Waals surface area contributed by atoms with Gasteiger partial charge in [-0.2, -0.15) is 0 Å². The highest BCUT2D eigenvalue weighted by molar-refractivity contribution is 7.92. The number of para-hydroxylation sites is 1. The molecule has 0 aromatic heterocycles. The minimum Gasteiger partial charge on any atom is -0.345 e. The molecule has 0 fully saturated rings. The average molecular weight is 430 g/mol. The molecule has 1 atom stereocenters. The summed E-state index contributed by atoms with van der Waals surface area (Å²) in [5.74, 6) is -2.07. The summed E-state index contributed by atoms with van der Waals surface area (Å²) in [6.07, 6.45) is 0. The SMILES string of the molecule is C[C@H](NC(=O)c1cccc(S(=O)(=O)N(C)c2ccccc2)c1)c1ccc(F)cc1F. The molecule has 30 heavy (non-hydrogen) atoms. The molecule has 156 valence electrons. The van der Waals surface area contributed by atoms with E-state index >= 15 is 0 Å². The van der Waals surface area contributed by atoms with E-state index in [1.807, 2.05) is 0 Å². The van der Waals surface area contributed by atoms with Gasteiger partial charge in [0.15, 0.2) is 0 Å². The van der Waals surface area contributed by atoms with E-state index in [4.69, 9.17) is 0 Å². The van der Waals surface area contributed by atoms with Gasteiger partial charge in [0.1, 0.15) is 11.6 Å². The number of nitrogens with one attached hydrogen (secondary N) is 1. The van der Waals surface area contributed by atoms with Crippen LogP contribution in [0.2, 0.25) is 0 Å². The molecule has 0 radical (unpaired) electrons. The molecule has 3 aromatic carbocycles. The zero-order valence-corrected chi connectivity index (χ0v) is 17.2. The molecule has 0 unspecified atom stereocenters. The maximum absolute atomic E-state index is 13.9. The lowest BCUT2D eigenvalue weighted by Crippen LogP contribution is -2.29. The van der Waals surface area contributed by atoms with Gasteiger partial charge >= 0.3 is 0 Å². The van der Waals surface area contributed by atoms with Crippen molar-refractivity contribution in [1.82, 2.24) is 5.32 Å². The van der Waals surface area contributed by atoms with E-state index < -0.39 is 33.6 Å². The standard InChI is InChI=1S/C22H20F2N2O3S/c1-15(20-12-11-17(23)14-21(20)24)25-22(27)16-7-6-10-19(13-16)30(28,29)26(2)18-8-4-3-5-9-18/h3-15H,1-2H3,(H,25,27)/t15-/m0/s1. The average Bonchev–Trinajstić information content (AvgIpc) is 2.73. The van der Waals surface area contributed by atoms with E-state index in [2.05, 4.69) is 5.32 Å². The Labute approximate surface area is 174 Å². The third kappa shape index (κ3) is 4.49. The number of sulfonamides is 1. The number of amides is 1. The van der Waals surface area contributed by atoms with E-state index in [0.29, 0.717) is 5.69 Å². The number of carbonyl (C=O) groups is 1. The smallest absolute Gasteiger partial charge is 0.264 e. The van der Waals surface area contributed by atoms with Crippen LogP contribution in [0.1, 0.15) is 28.9 Å². The Morgan fingerprint density at radius 3 is 2.33 bits per heavy atom. The third-order valence-corrected chi connectivity index (χ3v) is 6.43. The highest BCUT2D eigenvalue weighted by atomic mass is 32.2.